The maximum Gasteiger partial charge on any atom is 0.307 e. The monoisotopic (exact) mass is 350 g/mol. The number of nitrogens with one attached hydrogen (secondary N) is 2. The molecule has 0 saturated heterocycles. The predicted octanol–water partition coefficient (Wildman–Crippen LogP) is 2.85. The molecule has 7 heteroatoms. The smallest absolute Gasteiger partial charge is 0.307 e. The molecule has 2 N–H and O–H groups in total. The van der Waals surface area contributed by atoms with Gasteiger partial charge >= 0.3 is 5.91 Å². The van der Waals surface area contributed by atoms with Crippen molar-refractivity contribution in [1.29, 1.82) is 0 Å². The summed E-state index contributed by atoms with van der Waals surface area (Å²) in [5.74, 6) is -0.456. The zero-order chi connectivity index (χ0) is 18.5. The lowest BCUT2D eigenvalue weighted by Crippen LogP contribution is -2.24. The van der Waals surface area contributed by atoms with Crippen LogP contribution in [0.3, 0.4) is 0 Å². The molecule has 0 saturated carbocycles. The van der Waals surface area contributed by atoms with Crippen LogP contribution < -0.4 is 10.9 Å². The fourth-order valence-electron chi connectivity index (χ4n) is 2.47. The van der Waals surface area contributed by atoms with Crippen LogP contribution in [0, 0.1) is 13.8 Å². The molecule has 0 aliphatic rings. The van der Waals surface area contributed by atoms with E-state index in [1.807, 2.05) is 38.1 Å². The van der Waals surface area contributed by atoms with Crippen molar-refractivity contribution in [3.8, 4) is 0 Å². The molecule has 132 valence electrons. The molecule has 0 fully saturated rings. The lowest BCUT2D eigenvalue weighted by molar-refractivity contribution is 0.0927. The Hall–Kier alpha value is -3.61. The van der Waals surface area contributed by atoms with Gasteiger partial charge in [-0.1, -0.05) is 18.2 Å². The van der Waals surface area contributed by atoms with Crippen LogP contribution in [0.5, 0.6) is 0 Å². The third-order valence-electron chi connectivity index (χ3n) is 3.83. The molecule has 2 amide bonds. The first-order valence-corrected chi connectivity index (χ1v) is 7.98. The summed E-state index contributed by atoms with van der Waals surface area (Å²) in [5.41, 5.74) is 8.22. The van der Waals surface area contributed by atoms with Crippen molar-refractivity contribution in [2.24, 2.45) is 5.10 Å². The van der Waals surface area contributed by atoms with Gasteiger partial charge in [-0.05, 0) is 44.2 Å². The SMILES string of the molecule is Cc1cc(/C=N/NC(=O)c2ccco2)c(C)n1NC(=O)c1ccccc1. The molecule has 2 aromatic heterocycles. The van der Waals surface area contributed by atoms with E-state index in [2.05, 4.69) is 16.0 Å². The molecule has 3 aromatic rings. The van der Waals surface area contributed by atoms with E-state index >= 15 is 0 Å². The molecular weight excluding hydrogens is 332 g/mol. The quantitative estimate of drug-likeness (QED) is 0.548. The molecule has 26 heavy (non-hydrogen) atoms. The minimum atomic E-state index is -0.433. The lowest BCUT2D eigenvalue weighted by Gasteiger charge is -2.11. The highest BCUT2D eigenvalue weighted by Crippen LogP contribution is 2.12. The Morgan fingerprint density at radius 2 is 1.85 bits per heavy atom. The molecule has 0 aliphatic heterocycles. The summed E-state index contributed by atoms with van der Waals surface area (Å²) in [5, 5.41) is 3.94. The number of furan rings is 1. The Morgan fingerprint density at radius 3 is 2.54 bits per heavy atom. The van der Waals surface area contributed by atoms with Crippen LogP contribution in [0.15, 0.2) is 64.3 Å². The molecule has 0 spiro atoms. The molecule has 3 rings (SSSR count). The third-order valence-corrected chi connectivity index (χ3v) is 3.83. The maximum atomic E-state index is 12.3. The van der Waals surface area contributed by atoms with E-state index in [1.54, 1.807) is 28.9 Å². The second-order valence-electron chi connectivity index (χ2n) is 5.65. The standard InChI is InChI=1S/C19H18N4O3/c1-13-11-16(12-20-21-19(25)17-9-6-10-26-17)14(2)23(13)22-18(24)15-7-4-3-5-8-15/h3-12H,1-2H3,(H,21,25)(H,22,24)/b20-12+. The zero-order valence-corrected chi connectivity index (χ0v) is 14.4. The summed E-state index contributed by atoms with van der Waals surface area (Å²) in [6.07, 6.45) is 2.94. The second-order valence-corrected chi connectivity index (χ2v) is 5.65. The Labute approximate surface area is 150 Å². The van der Waals surface area contributed by atoms with Crippen LogP contribution in [-0.2, 0) is 0 Å². The highest BCUT2D eigenvalue weighted by Gasteiger charge is 2.12. The molecule has 1 aromatic carbocycles. The number of benzene rings is 1. The molecule has 0 bridgehead atoms. The van der Waals surface area contributed by atoms with Gasteiger partial charge in [0, 0.05) is 22.5 Å². The van der Waals surface area contributed by atoms with Gasteiger partial charge in [0.15, 0.2) is 5.76 Å². The van der Waals surface area contributed by atoms with Gasteiger partial charge in [-0.2, -0.15) is 5.10 Å². The summed E-state index contributed by atoms with van der Waals surface area (Å²) < 4.78 is 6.68. The van der Waals surface area contributed by atoms with Crippen molar-refractivity contribution in [3.63, 3.8) is 0 Å². The zero-order valence-electron chi connectivity index (χ0n) is 14.4. The van der Waals surface area contributed by atoms with E-state index < -0.39 is 5.91 Å². The third kappa shape index (κ3) is 3.72. The molecule has 0 unspecified atom stereocenters. The van der Waals surface area contributed by atoms with E-state index in [1.165, 1.54) is 12.5 Å². The minimum Gasteiger partial charge on any atom is -0.459 e. The first-order chi connectivity index (χ1) is 12.6. The normalized spacial score (nSPS) is 10.8. The van der Waals surface area contributed by atoms with Crippen molar-refractivity contribution in [2.45, 2.75) is 13.8 Å². The Kier molecular flexibility index (Phi) is 4.98. The highest BCUT2D eigenvalue weighted by atomic mass is 16.3. The lowest BCUT2D eigenvalue weighted by atomic mass is 10.2. The molecule has 0 aliphatic carbocycles. The van der Waals surface area contributed by atoms with Crippen LogP contribution in [0.4, 0.5) is 0 Å². The Morgan fingerprint density at radius 1 is 1.08 bits per heavy atom. The van der Waals surface area contributed by atoms with Crippen LogP contribution in [0.2, 0.25) is 0 Å². The number of hydrogen-bond acceptors (Lipinski definition) is 4. The minimum absolute atomic E-state index is 0.183. The van der Waals surface area contributed by atoms with Crippen molar-refractivity contribution in [2.75, 3.05) is 5.43 Å². The summed E-state index contributed by atoms with van der Waals surface area (Å²) in [6, 6.07) is 14.0. The Balaban J connectivity index is 1.70. The highest BCUT2D eigenvalue weighted by molar-refractivity contribution is 6.00. The summed E-state index contributed by atoms with van der Waals surface area (Å²) in [7, 11) is 0. The number of hydrogen-bond donors (Lipinski definition) is 2. The number of aromatic nitrogens is 1. The number of aryl methyl sites for hydroxylation is 1. The summed E-state index contributed by atoms with van der Waals surface area (Å²) in [6.45, 7) is 3.73. The van der Waals surface area contributed by atoms with E-state index in [0.717, 1.165) is 17.0 Å². The maximum absolute atomic E-state index is 12.3. The Bertz CT molecular complexity index is 941. The van der Waals surface area contributed by atoms with E-state index in [0.29, 0.717) is 5.56 Å². The van der Waals surface area contributed by atoms with E-state index in [-0.39, 0.29) is 11.7 Å². The van der Waals surface area contributed by atoms with Gasteiger partial charge in [-0.15, -0.1) is 0 Å². The van der Waals surface area contributed by atoms with Gasteiger partial charge < -0.3 is 4.42 Å². The van der Waals surface area contributed by atoms with Gasteiger partial charge in [0.25, 0.3) is 5.91 Å². The van der Waals surface area contributed by atoms with Crippen molar-refractivity contribution >= 4 is 18.0 Å². The number of hydrazone groups is 1. The van der Waals surface area contributed by atoms with E-state index in [4.69, 9.17) is 4.42 Å². The second kappa shape index (κ2) is 7.52. The van der Waals surface area contributed by atoms with Gasteiger partial charge in [-0.25, -0.2) is 5.43 Å². The van der Waals surface area contributed by atoms with Gasteiger partial charge in [0.1, 0.15) is 0 Å². The topological polar surface area (TPSA) is 88.6 Å². The molecule has 0 radical (unpaired) electrons. The number of rotatable bonds is 5. The molecule has 2 heterocycles. The van der Waals surface area contributed by atoms with Crippen LogP contribution in [-0.4, -0.2) is 22.7 Å². The van der Waals surface area contributed by atoms with Gasteiger partial charge in [-0.3, -0.25) is 19.7 Å². The summed E-state index contributed by atoms with van der Waals surface area (Å²) >= 11 is 0. The van der Waals surface area contributed by atoms with E-state index in [9.17, 15) is 9.59 Å². The van der Waals surface area contributed by atoms with Gasteiger partial charge in [0.2, 0.25) is 0 Å². The number of amides is 2. The average Bonchev–Trinajstić information content (AvgIpc) is 3.27. The molecule has 7 nitrogen and oxygen atoms in total. The fourth-order valence-corrected chi connectivity index (χ4v) is 2.47. The average molecular weight is 350 g/mol. The van der Waals surface area contributed by atoms with Crippen LogP contribution in [0.1, 0.15) is 37.9 Å². The molecule has 0 atom stereocenters. The number of carbonyl (C=O) groups is 2. The fraction of sp³-hybridized carbons (Fsp3) is 0.105. The van der Waals surface area contributed by atoms with Crippen LogP contribution in [0.25, 0.3) is 0 Å². The summed E-state index contributed by atoms with van der Waals surface area (Å²) in [4.78, 5) is 24.1. The first-order valence-electron chi connectivity index (χ1n) is 7.98. The first kappa shape index (κ1) is 17.2. The van der Waals surface area contributed by atoms with Crippen molar-refractivity contribution in [1.82, 2.24) is 10.1 Å². The molecular formula is C19H18N4O3. The number of nitrogens with zero attached hydrogens (tertiary/aromatic N) is 2. The van der Waals surface area contributed by atoms with Crippen LogP contribution >= 0.6 is 0 Å². The predicted molar refractivity (Wildman–Crippen MR) is 97.8 cm³/mol. The largest absolute Gasteiger partial charge is 0.459 e. The van der Waals surface area contributed by atoms with Crippen molar-refractivity contribution in [3.05, 3.63) is 83.1 Å². The number of carbonyl (C=O) groups excluding carboxylic acids is 2. The van der Waals surface area contributed by atoms with Crippen molar-refractivity contribution < 1.29 is 14.0 Å². The van der Waals surface area contributed by atoms with Gasteiger partial charge in [0.05, 0.1) is 12.5 Å².